The van der Waals surface area contributed by atoms with Gasteiger partial charge in [-0.25, -0.2) is 9.37 Å². The van der Waals surface area contributed by atoms with Crippen LogP contribution in [0, 0.1) is 5.82 Å². The summed E-state index contributed by atoms with van der Waals surface area (Å²) < 4.78 is 14.9. The highest BCUT2D eigenvalue weighted by molar-refractivity contribution is 5.59. The van der Waals surface area contributed by atoms with Gasteiger partial charge in [-0.05, 0) is 48.5 Å². The van der Waals surface area contributed by atoms with E-state index in [2.05, 4.69) is 25.0 Å². The van der Waals surface area contributed by atoms with Gasteiger partial charge in [0.15, 0.2) is 11.5 Å². The molecular formula is C20H18FN7. The van der Waals surface area contributed by atoms with Gasteiger partial charge in [0.2, 0.25) is 0 Å². The largest absolute Gasteiger partial charge is 0.353 e. The molecule has 0 bridgehead atoms. The molecule has 140 valence electrons. The Hall–Kier alpha value is -3.55. The van der Waals surface area contributed by atoms with E-state index in [4.69, 9.17) is 5.10 Å². The summed E-state index contributed by atoms with van der Waals surface area (Å²) in [6.45, 7) is 3.46. The Labute approximate surface area is 161 Å². The molecule has 0 spiro atoms. The van der Waals surface area contributed by atoms with Crippen molar-refractivity contribution < 1.29 is 4.39 Å². The topological polar surface area (TPSA) is 62.5 Å². The monoisotopic (exact) mass is 375 g/mol. The molecule has 7 nitrogen and oxygen atoms in total. The number of piperazine rings is 1. The van der Waals surface area contributed by atoms with Gasteiger partial charge in [0, 0.05) is 37.9 Å². The SMILES string of the molecule is Fc1ccc(-c2nnc3ccc(N4CCN(c5ccccn5)CC4)nn23)cc1. The molecule has 0 atom stereocenters. The van der Waals surface area contributed by atoms with Crippen LogP contribution in [0.4, 0.5) is 16.0 Å². The van der Waals surface area contributed by atoms with E-state index in [1.54, 1.807) is 16.6 Å². The second-order valence-corrected chi connectivity index (χ2v) is 6.65. The van der Waals surface area contributed by atoms with Crippen LogP contribution in [-0.4, -0.2) is 51.0 Å². The standard InChI is InChI=1S/C20H18FN7/c21-16-6-4-15(5-7-16)20-24-23-18-8-9-19(25-28(18)20)27-13-11-26(12-14-27)17-3-1-2-10-22-17/h1-10H,11-14H2. The Morgan fingerprint density at radius 3 is 2.21 bits per heavy atom. The fourth-order valence-corrected chi connectivity index (χ4v) is 3.43. The molecular weight excluding hydrogens is 357 g/mol. The first-order valence-electron chi connectivity index (χ1n) is 9.17. The molecule has 1 aromatic carbocycles. The van der Waals surface area contributed by atoms with Crippen LogP contribution in [0.1, 0.15) is 0 Å². The Bertz CT molecular complexity index is 1090. The molecule has 4 aromatic rings. The van der Waals surface area contributed by atoms with E-state index in [9.17, 15) is 4.39 Å². The number of benzene rings is 1. The number of rotatable bonds is 3. The van der Waals surface area contributed by atoms with Crippen LogP contribution in [0.25, 0.3) is 17.0 Å². The third-order valence-electron chi connectivity index (χ3n) is 4.93. The van der Waals surface area contributed by atoms with E-state index in [1.165, 1.54) is 12.1 Å². The van der Waals surface area contributed by atoms with Crippen LogP contribution in [0.3, 0.4) is 0 Å². The maximum atomic E-state index is 13.2. The number of halogens is 1. The van der Waals surface area contributed by atoms with Crippen molar-refractivity contribution in [1.29, 1.82) is 0 Å². The molecule has 1 fully saturated rings. The molecule has 3 aromatic heterocycles. The molecule has 28 heavy (non-hydrogen) atoms. The summed E-state index contributed by atoms with van der Waals surface area (Å²) in [7, 11) is 0. The van der Waals surface area contributed by atoms with Gasteiger partial charge in [-0.15, -0.1) is 15.3 Å². The van der Waals surface area contributed by atoms with Crippen molar-refractivity contribution in [3.63, 3.8) is 0 Å². The Balaban J connectivity index is 1.40. The summed E-state index contributed by atoms with van der Waals surface area (Å²) in [5, 5.41) is 13.1. The van der Waals surface area contributed by atoms with E-state index >= 15 is 0 Å². The zero-order valence-electron chi connectivity index (χ0n) is 15.1. The highest BCUT2D eigenvalue weighted by atomic mass is 19.1. The molecule has 0 unspecified atom stereocenters. The van der Waals surface area contributed by atoms with Gasteiger partial charge in [-0.3, -0.25) is 0 Å². The molecule has 0 saturated carbocycles. The molecule has 1 saturated heterocycles. The normalized spacial score (nSPS) is 14.6. The van der Waals surface area contributed by atoms with Crippen molar-refractivity contribution in [3.8, 4) is 11.4 Å². The summed E-state index contributed by atoms with van der Waals surface area (Å²) in [5.41, 5.74) is 1.44. The highest BCUT2D eigenvalue weighted by Gasteiger charge is 2.20. The van der Waals surface area contributed by atoms with Crippen LogP contribution in [0.2, 0.25) is 0 Å². The Kier molecular flexibility index (Phi) is 4.08. The summed E-state index contributed by atoms with van der Waals surface area (Å²) in [4.78, 5) is 8.95. The summed E-state index contributed by atoms with van der Waals surface area (Å²) in [5.74, 6) is 2.19. The minimum absolute atomic E-state index is 0.281. The second-order valence-electron chi connectivity index (χ2n) is 6.65. The first-order valence-corrected chi connectivity index (χ1v) is 9.17. The highest BCUT2D eigenvalue weighted by Crippen LogP contribution is 2.21. The number of hydrogen-bond acceptors (Lipinski definition) is 6. The minimum atomic E-state index is -0.281. The van der Waals surface area contributed by atoms with E-state index < -0.39 is 0 Å². The van der Waals surface area contributed by atoms with Crippen LogP contribution in [0.15, 0.2) is 60.8 Å². The zero-order valence-corrected chi connectivity index (χ0v) is 15.1. The maximum absolute atomic E-state index is 13.2. The number of anilines is 2. The first-order chi connectivity index (χ1) is 13.8. The van der Waals surface area contributed by atoms with Crippen molar-refractivity contribution >= 4 is 17.3 Å². The lowest BCUT2D eigenvalue weighted by Gasteiger charge is -2.35. The smallest absolute Gasteiger partial charge is 0.185 e. The predicted octanol–water partition coefficient (Wildman–Crippen LogP) is 2.65. The molecule has 8 heteroatoms. The molecule has 0 radical (unpaired) electrons. The van der Waals surface area contributed by atoms with Gasteiger partial charge in [-0.1, -0.05) is 6.07 Å². The van der Waals surface area contributed by atoms with Crippen LogP contribution in [0.5, 0.6) is 0 Å². The third-order valence-corrected chi connectivity index (χ3v) is 4.93. The van der Waals surface area contributed by atoms with Crippen molar-refractivity contribution in [2.24, 2.45) is 0 Å². The van der Waals surface area contributed by atoms with Gasteiger partial charge in [-0.2, -0.15) is 4.52 Å². The van der Waals surface area contributed by atoms with Crippen LogP contribution in [-0.2, 0) is 0 Å². The number of aromatic nitrogens is 5. The van der Waals surface area contributed by atoms with E-state index in [1.807, 2.05) is 36.5 Å². The summed E-state index contributed by atoms with van der Waals surface area (Å²) >= 11 is 0. The molecule has 0 aliphatic carbocycles. The average molecular weight is 375 g/mol. The van der Waals surface area contributed by atoms with E-state index in [0.717, 1.165) is 43.4 Å². The number of pyridine rings is 1. The second kappa shape index (κ2) is 6.88. The molecule has 5 rings (SSSR count). The first kappa shape index (κ1) is 16.6. The van der Waals surface area contributed by atoms with Gasteiger partial charge < -0.3 is 9.80 Å². The molecule has 4 heterocycles. The Morgan fingerprint density at radius 2 is 1.50 bits per heavy atom. The molecule has 1 aliphatic heterocycles. The lowest BCUT2D eigenvalue weighted by atomic mass is 10.2. The number of fused-ring (bicyclic) bond motifs is 1. The quantitative estimate of drug-likeness (QED) is 0.549. The third kappa shape index (κ3) is 3.02. The summed E-state index contributed by atoms with van der Waals surface area (Å²) in [6.07, 6.45) is 1.82. The van der Waals surface area contributed by atoms with Crippen molar-refractivity contribution in [1.82, 2.24) is 24.8 Å². The van der Waals surface area contributed by atoms with Crippen molar-refractivity contribution in [3.05, 3.63) is 66.6 Å². The lowest BCUT2D eigenvalue weighted by Crippen LogP contribution is -2.47. The minimum Gasteiger partial charge on any atom is -0.353 e. The van der Waals surface area contributed by atoms with E-state index in [-0.39, 0.29) is 5.82 Å². The molecule has 1 aliphatic rings. The summed E-state index contributed by atoms with van der Waals surface area (Å²) in [6, 6.07) is 16.0. The van der Waals surface area contributed by atoms with Gasteiger partial charge >= 0.3 is 0 Å². The van der Waals surface area contributed by atoms with Gasteiger partial charge in [0.1, 0.15) is 17.5 Å². The Morgan fingerprint density at radius 1 is 0.750 bits per heavy atom. The lowest BCUT2D eigenvalue weighted by molar-refractivity contribution is 0.628. The fraction of sp³-hybridized carbons (Fsp3) is 0.200. The van der Waals surface area contributed by atoms with Gasteiger partial charge in [0.25, 0.3) is 0 Å². The molecule has 0 amide bonds. The molecule has 0 N–H and O–H groups in total. The predicted molar refractivity (Wildman–Crippen MR) is 105 cm³/mol. The zero-order chi connectivity index (χ0) is 18.9. The maximum Gasteiger partial charge on any atom is 0.185 e. The van der Waals surface area contributed by atoms with Crippen molar-refractivity contribution in [2.75, 3.05) is 36.0 Å². The van der Waals surface area contributed by atoms with Gasteiger partial charge in [0.05, 0.1) is 0 Å². The number of nitrogens with zero attached hydrogens (tertiary/aromatic N) is 7. The van der Waals surface area contributed by atoms with Crippen LogP contribution < -0.4 is 9.80 Å². The van der Waals surface area contributed by atoms with Crippen LogP contribution >= 0.6 is 0 Å². The average Bonchev–Trinajstić information content (AvgIpc) is 3.18. The number of hydrogen-bond donors (Lipinski definition) is 0. The van der Waals surface area contributed by atoms with E-state index in [0.29, 0.717) is 11.5 Å². The van der Waals surface area contributed by atoms with Crippen molar-refractivity contribution in [2.45, 2.75) is 0 Å². The fourth-order valence-electron chi connectivity index (χ4n) is 3.43.